The van der Waals surface area contributed by atoms with Crippen molar-refractivity contribution in [2.75, 3.05) is 6.54 Å². The van der Waals surface area contributed by atoms with Crippen molar-refractivity contribution in [1.29, 1.82) is 0 Å². The fourth-order valence-corrected chi connectivity index (χ4v) is 2.72. The summed E-state index contributed by atoms with van der Waals surface area (Å²) in [7, 11) is 0. The van der Waals surface area contributed by atoms with Gasteiger partial charge in [-0.15, -0.1) is 11.3 Å². The summed E-state index contributed by atoms with van der Waals surface area (Å²) in [6.07, 6.45) is 2.70. The molecule has 0 aliphatic carbocycles. The molecule has 0 radical (unpaired) electrons. The lowest BCUT2D eigenvalue weighted by atomic mass is 10.3. The molecule has 0 fully saturated rings. The largest absolute Gasteiger partial charge is 0.437 e. The highest BCUT2D eigenvalue weighted by Gasteiger charge is 2.14. The van der Waals surface area contributed by atoms with E-state index in [0.29, 0.717) is 23.2 Å². The second-order valence-electron chi connectivity index (χ2n) is 4.01. The van der Waals surface area contributed by atoms with Gasteiger partial charge in [0.2, 0.25) is 5.88 Å². The molecular formula is C13H12ClN3OS. The van der Waals surface area contributed by atoms with Gasteiger partial charge in [-0.1, -0.05) is 11.6 Å². The normalized spacial score (nSPS) is 11.1. The van der Waals surface area contributed by atoms with E-state index in [1.54, 1.807) is 23.5 Å². The van der Waals surface area contributed by atoms with Gasteiger partial charge in [0.15, 0.2) is 4.96 Å². The van der Waals surface area contributed by atoms with Crippen LogP contribution in [0.1, 0.15) is 5.69 Å². The molecule has 0 saturated carbocycles. The van der Waals surface area contributed by atoms with Crippen LogP contribution < -0.4 is 10.5 Å². The monoisotopic (exact) mass is 293 g/mol. The van der Waals surface area contributed by atoms with Crippen molar-refractivity contribution in [2.45, 2.75) is 6.42 Å². The van der Waals surface area contributed by atoms with Crippen LogP contribution in [0.2, 0.25) is 5.02 Å². The zero-order valence-corrected chi connectivity index (χ0v) is 11.6. The van der Waals surface area contributed by atoms with E-state index >= 15 is 0 Å². The van der Waals surface area contributed by atoms with Gasteiger partial charge in [-0.05, 0) is 30.8 Å². The average molecular weight is 294 g/mol. The molecule has 0 aliphatic rings. The first kappa shape index (κ1) is 12.5. The summed E-state index contributed by atoms with van der Waals surface area (Å²) in [6, 6.07) is 7.22. The first-order valence-corrected chi connectivity index (χ1v) is 7.11. The third-order valence-corrected chi connectivity index (χ3v) is 3.74. The number of nitrogens with two attached hydrogens (primary N) is 1. The lowest BCUT2D eigenvalue weighted by Crippen LogP contribution is -2.05. The van der Waals surface area contributed by atoms with Crippen LogP contribution in [-0.4, -0.2) is 15.9 Å². The molecule has 0 aliphatic heterocycles. The maximum absolute atomic E-state index is 5.85. The second-order valence-corrected chi connectivity index (χ2v) is 5.32. The minimum Gasteiger partial charge on any atom is -0.437 e. The smallest absolute Gasteiger partial charge is 0.242 e. The second kappa shape index (κ2) is 5.21. The van der Waals surface area contributed by atoms with Crippen LogP contribution >= 0.6 is 22.9 Å². The van der Waals surface area contributed by atoms with Crippen LogP contribution in [0.15, 0.2) is 35.8 Å². The molecule has 1 aromatic carbocycles. The maximum Gasteiger partial charge on any atom is 0.242 e. The predicted molar refractivity (Wildman–Crippen MR) is 77.4 cm³/mol. The van der Waals surface area contributed by atoms with Crippen molar-refractivity contribution >= 4 is 27.9 Å². The molecule has 19 heavy (non-hydrogen) atoms. The third-order valence-electron chi connectivity index (χ3n) is 2.73. The SMILES string of the molecule is NCCc1c(Oc2ccc(Cl)cc2)nc2sccn12. The molecule has 2 N–H and O–H groups in total. The molecule has 2 heterocycles. The predicted octanol–water partition coefficient (Wildman–Crippen LogP) is 3.34. The summed E-state index contributed by atoms with van der Waals surface area (Å²) in [6.45, 7) is 0.556. The maximum atomic E-state index is 5.85. The molecule has 0 saturated heterocycles. The zero-order chi connectivity index (χ0) is 13.2. The highest BCUT2D eigenvalue weighted by atomic mass is 35.5. The first-order chi connectivity index (χ1) is 9.28. The van der Waals surface area contributed by atoms with Crippen molar-refractivity contribution in [2.24, 2.45) is 5.73 Å². The van der Waals surface area contributed by atoms with Gasteiger partial charge in [-0.3, -0.25) is 4.40 Å². The molecule has 4 nitrogen and oxygen atoms in total. The molecule has 6 heteroatoms. The van der Waals surface area contributed by atoms with E-state index in [1.807, 2.05) is 28.1 Å². The number of nitrogens with zero attached hydrogens (tertiary/aromatic N) is 2. The highest BCUT2D eigenvalue weighted by molar-refractivity contribution is 7.15. The molecule has 2 aromatic heterocycles. The lowest BCUT2D eigenvalue weighted by molar-refractivity contribution is 0.459. The van der Waals surface area contributed by atoms with Crippen LogP contribution in [0.3, 0.4) is 0 Å². The summed E-state index contributed by atoms with van der Waals surface area (Å²) in [5.41, 5.74) is 6.65. The standard InChI is InChI=1S/C13H12ClN3OS/c14-9-1-3-10(4-2-9)18-12-11(5-6-15)17-7-8-19-13(17)16-12/h1-4,7-8H,5-6,15H2. The minimum atomic E-state index is 0.556. The van der Waals surface area contributed by atoms with Crippen LogP contribution in [-0.2, 0) is 6.42 Å². The average Bonchev–Trinajstić information content (AvgIpc) is 2.96. The van der Waals surface area contributed by atoms with E-state index in [2.05, 4.69) is 4.98 Å². The van der Waals surface area contributed by atoms with Crippen molar-refractivity contribution < 1.29 is 4.74 Å². The molecule has 3 rings (SSSR count). The van der Waals surface area contributed by atoms with Crippen LogP contribution in [0, 0.1) is 0 Å². The topological polar surface area (TPSA) is 52.5 Å². The number of hydrogen-bond acceptors (Lipinski definition) is 4. The Hall–Kier alpha value is -1.56. The van der Waals surface area contributed by atoms with E-state index < -0.39 is 0 Å². The molecule has 0 amide bonds. The van der Waals surface area contributed by atoms with Crippen molar-refractivity contribution in [3.63, 3.8) is 0 Å². The van der Waals surface area contributed by atoms with E-state index in [-0.39, 0.29) is 0 Å². The Balaban J connectivity index is 1.97. The number of imidazole rings is 1. The summed E-state index contributed by atoms with van der Waals surface area (Å²) < 4.78 is 7.84. The molecule has 0 unspecified atom stereocenters. The fourth-order valence-electron chi connectivity index (χ4n) is 1.87. The van der Waals surface area contributed by atoms with Gasteiger partial charge < -0.3 is 10.5 Å². The third kappa shape index (κ3) is 2.45. The van der Waals surface area contributed by atoms with Crippen LogP contribution in [0.4, 0.5) is 0 Å². The zero-order valence-electron chi connectivity index (χ0n) is 10.0. The number of hydrogen-bond donors (Lipinski definition) is 1. The number of thiazole rings is 1. The molecule has 0 atom stereocenters. The van der Waals surface area contributed by atoms with E-state index in [9.17, 15) is 0 Å². The Bertz CT molecular complexity index is 690. The summed E-state index contributed by atoms with van der Waals surface area (Å²) in [5, 5.41) is 2.68. The molecule has 3 aromatic rings. The number of fused-ring (bicyclic) bond motifs is 1. The quantitative estimate of drug-likeness (QED) is 0.802. The van der Waals surface area contributed by atoms with Gasteiger partial charge in [0, 0.05) is 23.0 Å². The Labute approximate surface area is 119 Å². The molecule has 0 bridgehead atoms. The molecule has 98 valence electrons. The van der Waals surface area contributed by atoms with Gasteiger partial charge in [-0.2, -0.15) is 4.98 Å². The van der Waals surface area contributed by atoms with E-state index in [0.717, 1.165) is 17.1 Å². The summed E-state index contributed by atoms with van der Waals surface area (Å²) >= 11 is 7.42. The summed E-state index contributed by atoms with van der Waals surface area (Å²) in [4.78, 5) is 5.39. The van der Waals surface area contributed by atoms with Gasteiger partial charge in [0.25, 0.3) is 0 Å². The van der Waals surface area contributed by atoms with Gasteiger partial charge in [-0.25, -0.2) is 0 Å². The highest BCUT2D eigenvalue weighted by Crippen LogP contribution is 2.28. The Morgan fingerprint density at radius 3 is 2.84 bits per heavy atom. The molecular weight excluding hydrogens is 282 g/mol. The van der Waals surface area contributed by atoms with Gasteiger partial charge >= 0.3 is 0 Å². The number of rotatable bonds is 4. The minimum absolute atomic E-state index is 0.556. The van der Waals surface area contributed by atoms with E-state index in [4.69, 9.17) is 22.1 Å². The van der Waals surface area contributed by atoms with Gasteiger partial charge in [0.1, 0.15) is 5.75 Å². The van der Waals surface area contributed by atoms with Crippen LogP contribution in [0.5, 0.6) is 11.6 Å². The number of aromatic nitrogens is 2. The van der Waals surface area contributed by atoms with E-state index in [1.165, 1.54) is 0 Å². The van der Waals surface area contributed by atoms with Crippen molar-refractivity contribution in [3.8, 4) is 11.6 Å². The summed E-state index contributed by atoms with van der Waals surface area (Å²) in [5.74, 6) is 1.33. The Kier molecular flexibility index (Phi) is 3.42. The Morgan fingerprint density at radius 1 is 1.32 bits per heavy atom. The number of benzene rings is 1. The molecule has 0 spiro atoms. The first-order valence-electron chi connectivity index (χ1n) is 5.86. The van der Waals surface area contributed by atoms with Crippen molar-refractivity contribution in [1.82, 2.24) is 9.38 Å². The lowest BCUT2D eigenvalue weighted by Gasteiger charge is -2.05. The van der Waals surface area contributed by atoms with Crippen molar-refractivity contribution in [3.05, 3.63) is 46.6 Å². The Morgan fingerprint density at radius 2 is 2.11 bits per heavy atom. The fraction of sp³-hybridized carbons (Fsp3) is 0.154. The van der Waals surface area contributed by atoms with Crippen LogP contribution in [0.25, 0.3) is 4.96 Å². The number of halogens is 1. The van der Waals surface area contributed by atoms with Gasteiger partial charge in [0.05, 0.1) is 5.69 Å². The number of ether oxygens (including phenoxy) is 1.